The number of halogens is 1. The number of anilines is 1. The van der Waals surface area contributed by atoms with E-state index in [2.05, 4.69) is 10.3 Å². The highest BCUT2D eigenvalue weighted by molar-refractivity contribution is 5.40. The molecule has 0 unspecified atom stereocenters. The molecule has 0 bridgehead atoms. The standard InChI is InChI=1S/C10H15FN2O/c1-14-7-3-2-5-12-9-4-6-13-10(11)8-9/h4,6,8H,2-3,5,7H2,1H3,(H,12,13). The Bertz CT molecular complexity index is 268. The quantitative estimate of drug-likeness (QED) is 0.561. The summed E-state index contributed by atoms with van der Waals surface area (Å²) in [7, 11) is 1.69. The first-order chi connectivity index (χ1) is 6.83. The zero-order chi connectivity index (χ0) is 10.2. The van der Waals surface area contributed by atoms with E-state index in [1.165, 1.54) is 12.3 Å². The lowest BCUT2D eigenvalue weighted by atomic mass is 10.3. The van der Waals surface area contributed by atoms with Crippen LogP contribution in [0.2, 0.25) is 0 Å². The van der Waals surface area contributed by atoms with Crippen LogP contribution in [-0.2, 0) is 4.74 Å². The normalized spacial score (nSPS) is 10.1. The van der Waals surface area contributed by atoms with E-state index >= 15 is 0 Å². The fourth-order valence-corrected chi connectivity index (χ4v) is 1.12. The van der Waals surface area contributed by atoms with E-state index in [4.69, 9.17) is 4.74 Å². The van der Waals surface area contributed by atoms with Crippen molar-refractivity contribution in [2.75, 3.05) is 25.6 Å². The molecule has 78 valence electrons. The van der Waals surface area contributed by atoms with E-state index in [-0.39, 0.29) is 0 Å². The molecule has 0 saturated carbocycles. The van der Waals surface area contributed by atoms with E-state index in [9.17, 15) is 4.39 Å². The van der Waals surface area contributed by atoms with E-state index in [1.807, 2.05) is 0 Å². The number of hydrogen-bond acceptors (Lipinski definition) is 3. The van der Waals surface area contributed by atoms with Crippen molar-refractivity contribution in [3.8, 4) is 0 Å². The average molecular weight is 198 g/mol. The van der Waals surface area contributed by atoms with E-state index in [1.54, 1.807) is 13.2 Å². The third-order valence-electron chi connectivity index (χ3n) is 1.83. The fraction of sp³-hybridized carbons (Fsp3) is 0.500. The third kappa shape index (κ3) is 4.18. The number of unbranched alkanes of at least 4 members (excludes halogenated alkanes) is 1. The Morgan fingerprint density at radius 2 is 2.36 bits per heavy atom. The summed E-state index contributed by atoms with van der Waals surface area (Å²) in [6, 6.07) is 3.13. The van der Waals surface area contributed by atoms with Crippen LogP contribution >= 0.6 is 0 Å². The molecule has 0 atom stereocenters. The van der Waals surface area contributed by atoms with Gasteiger partial charge in [-0.05, 0) is 18.9 Å². The van der Waals surface area contributed by atoms with Gasteiger partial charge in [0.15, 0.2) is 0 Å². The molecular formula is C10H15FN2O. The summed E-state index contributed by atoms with van der Waals surface area (Å²) in [5.74, 6) is -0.452. The van der Waals surface area contributed by atoms with Crippen LogP contribution in [-0.4, -0.2) is 25.2 Å². The number of hydrogen-bond donors (Lipinski definition) is 1. The highest BCUT2D eigenvalue weighted by Crippen LogP contribution is 2.06. The first-order valence-corrected chi connectivity index (χ1v) is 4.67. The van der Waals surface area contributed by atoms with Gasteiger partial charge in [-0.2, -0.15) is 4.39 Å². The number of pyridine rings is 1. The van der Waals surface area contributed by atoms with Crippen molar-refractivity contribution in [1.82, 2.24) is 4.98 Å². The third-order valence-corrected chi connectivity index (χ3v) is 1.83. The van der Waals surface area contributed by atoms with Crippen LogP contribution in [0.1, 0.15) is 12.8 Å². The van der Waals surface area contributed by atoms with Gasteiger partial charge in [0.2, 0.25) is 5.95 Å². The first-order valence-electron chi connectivity index (χ1n) is 4.67. The van der Waals surface area contributed by atoms with Crippen molar-refractivity contribution in [2.24, 2.45) is 0 Å². The predicted octanol–water partition coefficient (Wildman–Crippen LogP) is 2.06. The number of methoxy groups -OCH3 is 1. The minimum Gasteiger partial charge on any atom is -0.385 e. The first kappa shape index (κ1) is 10.9. The van der Waals surface area contributed by atoms with Gasteiger partial charge in [-0.1, -0.05) is 0 Å². The van der Waals surface area contributed by atoms with Crippen LogP contribution in [0.25, 0.3) is 0 Å². The van der Waals surface area contributed by atoms with Crippen LogP contribution < -0.4 is 5.32 Å². The molecule has 0 aliphatic carbocycles. The summed E-state index contributed by atoms with van der Waals surface area (Å²) in [5.41, 5.74) is 0.773. The van der Waals surface area contributed by atoms with Crippen molar-refractivity contribution in [1.29, 1.82) is 0 Å². The zero-order valence-electron chi connectivity index (χ0n) is 8.29. The lowest BCUT2D eigenvalue weighted by molar-refractivity contribution is 0.194. The zero-order valence-corrected chi connectivity index (χ0v) is 8.29. The molecule has 4 heteroatoms. The Morgan fingerprint density at radius 3 is 3.07 bits per heavy atom. The van der Waals surface area contributed by atoms with Crippen molar-refractivity contribution < 1.29 is 9.13 Å². The van der Waals surface area contributed by atoms with Gasteiger partial charge in [0.25, 0.3) is 0 Å². The summed E-state index contributed by atoms with van der Waals surface area (Å²) >= 11 is 0. The Morgan fingerprint density at radius 1 is 1.50 bits per heavy atom. The second-order valence-electron chi connectivity index (χ2n) is 2.99. The molecule has 0 fully saturated rings. The van der Waals surface area contributed by atoms with Gasteiger partial charge >= 0.3 is 0 Å². The minimum atomic E-state index is -0.452. The second-order valence-corrected chi connectivity index (χ2v) is 2.99. The topological polar surface area (TPSA) is 34.1 Å². The van der Waals surface area contributed by atoms with E-state index in [0.717, 1.165) is 31.7 Å². The Balaban J connectivity index is 2.18. The molecule has 0 aliphatic rings. The molecule has 0 aromatic carbocycles. The Labute approximate surface area is 83.3 Å². The van der Waals surface area contributed by atoms with Crippen molar-refractivity contribution >= 4 is 5.69 Å². The van der Waals surface area contributed by atoms with Crippen LogP contribution in [0.4, 0.5) is 10.1 Å². The largest absolute Gasteiger partial charge is 0.385 e. The number of rotatable bonds is 6. The van der Waals surface area contributed by atoms with Crippen LogP contribution in [0.3, 0.4) is 0 Å². The average Bonchev–Trinajstić information content (AvgIpc) is 2.18. The summed E-state index contributed by atoms with van der Waals surface area (Å²) in [6.07, 6.45) is 3.47. The smallest absolute Gasteiger partial charge is 0.214 e. The monoisotopic (exact) mass is 198 g/mol. The van der Waals surface area contributed by atoms with Gasteiger partial charge in [0.1, 0.15) is 0 Å². The molecule has 1 aromatic rings. The molecule has 3 nitrogen and oxygen atoms in total. The van der Waals surface area contributed by atoms with E-state index in [0.29, 0.717) is 0 Å². The molecule has 14 heavy (non-hydrogen) atoms. The number of aromatic nitrogens is 1. The van der Waals surface area contributed by atoms with Crippen LogP contribution in [0.15, 0.2) is 18.3 Å². The molecular weight excluding hydrogens is 183 g/mol. The second kappa shape index (κ2) is 6.32. The van der Waals surface area contributed by atoms with Gasteiger partial charge in [-0.15, -0.1) is 0 Å². The molecule has 1 heterocycles. The maximum absolute atomic E-state index is 12.6. The van der Waals surface area contributed by atoms with Gasteiger partial charge < -0.3 is 10.1 Å². The molecule has 0 saturated heterocycles. The summed E-state index contributed by atoms with van der Waals surface area (Å²) in [5, 5.41) is 3.11. The fourth-order valence-electron chi connectivity index (χ4n) is 1.12. The summed E-state index contributed by atoms with van der Waals surface area (Å²) < 4.78 is 17.5. The SMILES string of the molecule is COCCCCNc1ccnc(F)c1. The molecule has 0 spiro atoms. The van der Waals surface area contributed by atoms with Crippen LogP contribution in [0, 0.1) is 5.95 Å². The van der Waals surface area contributed by atoms with Gasteiger partial charge in [0.05, 0.1) is 0 Å². The van der Waals surface area contributed by atoms with Gasteiger partial charge in [-0.3, -0.25) is 0 Å². The molecule has 1 aromatic heterocycles. The van der Waals surface area contributed by atoms with Crippen molar-refractivity contribution in [3.63, 3.8) is 0 Å². The Kier molecular flexibility index (Phi) is 4.93. The molecule has 0 aliphatic heterocycles. The molecule has 1 N–H and O–H groups in total. The van der Waals surface area contributed by atoms with Crippen molar-refractivity contribution in [2.45, 2.75) is 12.8 Å². The number of ether oxygens (including phenoxy) is 1. The minimum absolute atomic E-state index is 0.452. The Hall–Kier alpha value is -1.16. The maximum atomic E-state index is 12.6. The highest BCUT2D eigenvalue weighted by atomic mass is 19.1. The lowest BCUT2D eigenvalue weighted by Gasteiger charge is -2.05. The summed E-state index contributed by atoms with van der Waals surface area (Å²) in [6.45, 7) is 1.60. The van der Waals surface area contributed by atoms with Gasteiger partial charge in [0, 0.05) is 38.2 Å². The number of nitrogens with zero attached hydrogens (tertiary/aromatic N) is 1. The highest BCUT2D eigenvalue weighted by Gasteiger charge is 1.94. The lowest BCUT2D eigenvalue weighted by Crippen LogP contribution is -2.03. The summed E-state index contributed by atoms with van der Waals surface area (Å²) in [4.78, 5) is 3.47. The number of nitrogens with one attached hydrogen (secondary N) is 1. The van der Waals surface area contributed by atoms with Crippen LogP contribution in [0.5, 0.6) is 0 Å². The van der Waals surface area contributed by atoms with E-state index < -0.39 is 5.95 Å². The van der Waals surface area contributed by atoms with Crippen molar-refractivity contribution in [3.05, 3.63) is 24.3 Å². The predicted molar refractivity (Wildman–Crippen MR) is 53.8 cm³/mol. The molecule has 0 radical (unpaired) electrons. The molecule has 1 rings (SSSR count). The molecule has 0 amide bonds. The van der Waals surface area contributed by atoms with Gasteiger partial charge in [-0.25, -0.2) is 4.98 Å². The maximum Gasteiger partial charge on any atom is 0.214 e.